The molecule has 5 aromatic carbocycles. The third kappa shape index (κ3) is 13.6. The lowest BCUT2D eigenvalue weighted by molar-refractivity contribution is 0.0289. The monoisotopic (exact) mass is 1120 g/mol. The normalized spacial score (nSPS) is 15.5. The van der Waals surface area contributed by atoms with E-state index in [1.54, 1.807) is 140 Å². The Labute approximate surface area is 458 Å². The molecule has 2 unspecified atom stereocenters. The number of aromatic nitrogens is 6. The second-order valence-corrected chi connectivity index (χ2v) is 24.3. The Morgan fingerprint density at radius 3 is 1.89 bits per heavy atom. The fourth-order valence-electron chi connectivity index (χ4n) is 8.78. The highest BCUT2D eigenvalue weighted by Crippen LogP contribution is 2.43. The molecule has 0 aliphatic carbocycles. The highest BCUT2D eigenvalue weighted by Gasteiger charge is 2.42. The largest absolute Gasteiger partial charge is 0.497 e. The average molecular weight is 1120 g/mol. The predicted octanol–water partition coefficient (Wildman–Crippen LogP) is 6.13. The molecular weight excluding hydrogens is 1060 g/mol. The summed E-state index contributed by atoms with van der Waals surface area (Å²) in [5.74, 6) is 1.48. The van der Waals surface area contributed by atoms with Gasteiger partial charge in [0.1, 0.15) is 50.1 Å². The van der Waals surface area contributed by atoms with Crippen LogP contribution in [0.5, 0.6) is 17.2 Å². The van der Waals surface area contributed by atoms with E-state index in [4.69, 9.17) is 39.5 Å². The molecule has 420 valence electrons. The van der Waals surface area contributed by atoms with Crippen molar-refractivity contribution in [3.63, 3.8) is 0 Å². The van der Waals surface area contributed by atoms with Crippen LogP contribution in [0.25, 0.3) is 33.5 Å². The van der Waals surface area contributed by atoms with Crippen LogP contribution in [0.1, 0.15) is 70.1 Å². The number of nitrogens with two attached hydrogens (primary N) is 1. The van der Waals surface area contributed by atoms with Crippen LogP contribution in [0.4, 0.5) is 9.59 Å². The van der Waals surface area contributed by atoms with Gasteiger partial charge in [0.2, 0.25) is 25.9 Å². The van der Waals surface area contributed by atoms with Gasteiger partial charge >= 0.3 is 12.2 Å². The van der Waals surface area contributed by atoms with Crippen molar-refractivity contribution in [3.8, 4) is 39.8 Å². The molecule has 6 N–H and O–H groups in total. The van der Waals surface area contributed by atoms with E-state index in [9.17, 15) is 14.7 Å². The summed E-state index contributed by atoms with van der Waals surface area (Å²) < 4.78 is 94.8. The van der Waals surface area contributed by atoms with Gasteiger partial charge < -0.3 is 49.7 Å². The number of hydrogen-bond donors (Lipinski definition) is 5. The van der Waals surface area contributed by atoms with Crippen LogP contribution in [-0.4, -0.2) is 138 Å². The maximum absolute atomic E-state index is 16.5. The van der Waals surface area contributed by atoms with Crippen molar-refractivity contribution in [2.75, 3.05) is 41.0 Å². The number of rotatable bonds is 19. The maximum atomic E-state index is 16.5. The molecule has 3 heterocycles. The van der Waals surface area contributed by atoms with Crippen molar-refractivity contribution in [1.82, 2.24) is 49.4 Å². The quantitative estimate of drug-likeness (QED) is 0.0608. The third-order valence-corrected chi connectivity index (χ3v) is 16.1. The van der Waals surface area contributed by atoms with Crippen molar-refractivity contribution < 1.29 is 55.2 Å². The number of methoxy groups -OCH3 is 3. The minimum Gasteiger partial charge on any atom is -0.497 e. The average Bonchev–Trinajstić information content (AvgIpc) is 4.37. The Bertz CT molecular complexity index is 3480. The van der Waals surface area contributed by atoms with Crippen molar-refractivity contribution in [2.45, 2.75) is 100 Å². The second kappa shape index (κ2) is 23.3. The van der Waals surface area contributed by atoms with E-state index in [1.165, 1.54) is 36.0 Å². The number of carbonyl (C=O) groups is 2. The Balaban J connectivity index is 1.38. The molecule has 7 aromatic rings. The van der Waals surface area contributed by atoms with Gasteiger partial charge in [-0.1, -0.05) is 54.6 Å². The fraction of sp³-hybridized carbons (Fsp3) is 0.370. The van der Waals surface area contributed by atoms with Crippen LogP contribution in [0.2, 0.25) is 0 Å². The highest BCUT2D eigenvalue weighted by atomic mass is 32.2. The van der Waals surface area contributed by atoms with Gasteiger partial charge in [0.05, 0.1) is 57.1 Å². The first-order chi connectivity index (χ1) is 37.4. The molecule has 23 nitrogen and oxygen atoms in total. The molecular formula is C54H65N11O12S2. The number of aliphatic hydroxyl groups is 1. The summed E-state index contributed by atoms with van der Waals surface area (Å²) in [5, 5.41) is 26.8. The van der Waals surface area contributed by atoms with Gasteiger partial charge in [0.15, 0.2) is 0 Å². The summed E-state index contributed by atoms with van der Waals surface area (Å²) in [6, 6.07) is 25.1. The van der Waals surface area contributed by atoms with Crippen LogP contribution in [-0.2, 0) is 49.2 Å². The molecule has 0 radical (unpaired) electrons. The molecule has 1 saturated heterocycles. The number of tetrazole rings is 1. The van der Waals surface area contributed by atoms with E-state index in [2.05, 4.69) is 25.3 Å². The lowest BCUT2D eigenvalue weighted by Crippen LogP contribution is -2.47. The smallest absolute Gasteiger partial charge is 0.410 e. The van der Waals surface area contributed by atoms with Crippen LogP contribution >= 0.6 is 0 Å². The van der Waals surface area contributed by atoms with Crippen molar-refractivity contribution in [1.29, 1.82) is 0 Å². The lowest BCUT2D eigenvalue weighted by Gasteiger charge is -2.27. The first-order valence-electron chi connectivity index (χ1n) is 25.1. The number of carbonyl (C=O) groups excluding carboxylic acids is 2. The van der Waals surface area contributed by atoms with E-state index >= 15 is 16.8 Å². The number of alkyl carbamates (subject to hydrolysis) is 1. The number of fused-ring (bicyclic) bond motifs is 1. The van der Waals surface area contributed by atoms with E-state index in [1.807, 2.05) is 0 Å². The SMILES string of the molecule is COc1ccc(CN(Cc2ccc(OC)cc2)S(=O)(=O)c2c(S(=O)(=O)NC3CN(C(=O)OC(C)(C)C)CC3N)ccc(-c3cccc4[nH]c([C@@H](CO)NC(=O)OC(C)(C)C)nc34)c2-c2nnn(Cc3ccc(OC)cc3)n2)cc1. The first kappa shape index (κ1) is 57.5. The summed E-state index contributed by atoms with van der Waals surface area (Å²) in [6.45, 7) is 8.80. The molecule has 0 spiro atoms. The number of amides is 2. The van der Waals surface area contributed by atoms with Crippen molar-refractivity contribution in [3.05, 3.63) is 126 Å². The van der Waals surface area contributed by atoms with E-state index < -0.39 is 78.0 Å². The zero-order chi connectivity index (χ0) is 57.0. The number of aromatic amines is 1. The number of ether oxygens (including phenoxy) is 5. The second-order valence-electron chi connectivity index (χ2n) is 20.8. The summed E-state index contributed by atoms with van der Waals surface area (Å²) in [7, 11) is -5.53. The van der Waals surface area contributed by atoms with E-state index in [0.29, 0.717) is 33.9 Å². The number of benzene rings is 5. The fourth-order valence-corrected chi connectivity index (χ4v) is 12.5. The Morgan fingerprint density at radius 2 is 1.34 bits per heavy atom. The lowest BCUT2D eigenvalue weighted by atomic mass is 9.98. The summed E-state index contributed by atoms with van der Waals surface area (Å²) in [5.41, 5.74) is 7.35. The van der Waals surface area contributed by atoms with E-state index in [0.717, 1.165) is 9.87 Å². The van der Waals surface area contributed by atoms with Gasteiger partial charge in [0, 0.05) is 37.8 Å². The molecule has 2 aromatic heterocycles. The number of nitrogens with one attached hydrogen (secondary N) is 3. The molecule has 2 amide bonds. The number of para-hydroxylation sites is 1. The van der Waals surface area contributed by atoms with Crippen LogP contribution in [0.15, 0.2) is 113 Å². The van der Waals surface area contributed by atoms with Gasteiger partial charge in [-0.15, -0.1) is 10.2 Å². The maximum Gasteiger partial charge on any atom is 0.410 e. The van der Waals surface area contributed by atoms with Crippen LogP contribution in [0, 0.1) is 0 Å². The van der Waals surface area contributed by atoms with Crippen LogP contribution in [0.3, 0.4) is 0 Å². The zero-order valence-electron chi connectivity index (χ0n) is 45.3. The van der Waals surface area contributed by atoms with Crippen LogP contribution < -0.4 is 30.0 Å². The summed E-state index contributed by atoms with van der Waals surface area (Å²) in [6.07, 6.45) is -1.53. The minimum absolute atomic E-state index is 0.0498. The molecule has 79 heavy (non-hydrogen) atoms. The minimum atomic E-state index is -5.11. The van der Waals surface area contributed by atoms with Gasteiger partial charge in [-0.2, -0.15) is 9.10 Å². The zero-order valence-corrected chi connectivity index (χ0v) is 46.9. The number of aliphatic hydroxyl groups excluding tert-OH is 1. The Morgan fingerprint density at radius 1 is 0.772 bits per heavy atom. The molecule has 0 bridgehead atoms. The van der Waals surface area contributed by atoms with Gasteiger partial charge in [-0.3, -0.25) is 0 Å². The highest BCUT2D eigenvalue weighted by molar-refractivity contribution is 7.92. The number of imidazole rings is 1. The number of likely N-dealkylation sites (tertiary alicyclic amines) is 1. The van der Waals surface area contributed by atoms with Crippen molar-refractivity contribution >= 4 is 43.3 Å². The first-order valence-corrected chi connectivity index (χ1v) is 28.0. The summed E-state index contributed by atoms with van der Waals surface area (Å²) >= 11 is 0. The van der Waals surface area contributed by atoms with Gasteiger partial charge in [-0.25, -0.2) is 36.1 Å². The molecule has 25 heteroatoms. The number of H-pyrrole nitrogens is 1. The topological polar surface area (TPSA) is 298 Å². The number of hydrogen-bond acceptors (Lipinski definition) is 17. The molecule has 8 rings (SSSR count). The molecule has 0 saturated carbocycles. The van der Waals surface area contributed by atoms with Gasteiger partial charge in [-0.05, 0) is 118 Å². The third-order valence-electron chi connectivity index (χ3n) is 12.6. The molecule has 1 fully saturated rings. The van der Waals surface area contributed by atoms with E-state index in [-0.39, 0.29) is 66.6 Å². The molecule has 3 atom stereocenters. The number of sulfonamides is 2. The molecule has 1 aliphatic rings. The Kier molecular flexibility index (Phi) is 17.0. The van der Waals surface area contributed by atoms with Crippen molar-refractivity contribution in [2.24, 2.45) is 5.73 Å². The Hall–Kier alpha value is -7.68. The predicted molar refractivity (Wildman–Crippen MR) is 292 cm³/mol. The number of nitrogens with zero attached hydrogens (tertiary/aromatic N) is 7. The summed E-state index contributed by atoms with van der Waals surface area (Å²) in [4.78, 5) is 35.4. The standard InChI is InChI=1S/C54H65N11O12S2/c1-53(2,3)76-51(67)57-44(32-66)49-56-42-12-10-11-40(47(42)58-49)39-25-26-45(78(69,70)61-43-31-63(30-41(43)55)52(68)77-54(4,5)6)48(46(39)50-59-62-65(60-50)29-35-17-23-38(75-9)24-18-35)79(71,72)64(27-33-13-19-36(73-7)20-14-33)28-34-15-21-37(74-8)22-16-34/h10-26,41,43-44,61,66H,27-32,55H2,1-9H3,(H,56,58)(H,57,67)/t41?,43?,44-/m1/s1. The van der Waals surface area contributed by atoms with Gasteiger partial charge in [0.25, 0.3) is 0 Å². The molecule has 1 aliphatic heterocycles.